The molecule has 2 heterocycles. The number of carbonyl (C=O) groups excluding carboxylic acids is 2. The van der Waals surface area contributed by atoms with Crippen molar-refractivity contribution >= 4 is 22.7 Å². The zero-order valence-electron chi connectivity index (χ0n) is 17.5. The Kier molecular flexibility index (Phi) is 6.62. The number of hydrogen-bond donors (Lipinski definition) is 3. The summed E-state index contributed by atoms with van der Waals surface area (Å²) in [6.07, 6.45) is 7.05. The van der Waals surface area contributed by atoms with E-state index < -0.39 is 0 Å². The van der Waals surface area contributed by atoms with Crippen molar-refractivity contribution in [2.45, 2.75) is 44.9 Å². The van der Waals surface area contributed by atoms with Crippen molar-refractivity contribution in [3.63, 3.8) is 0 Å². The van der Waals surface area contributed by atoms with Gasteiger partial charge in [0.25, 0.3) is 0 Å². The number of carbonyl (C=O) groups is 2. The van der Waals surface area contributed by atoms with Crippen LogP contribution in [0, 0.1) is 5.92 Å². The van der Waals surface area contributed by atoms with Gasteiger partial charge in [-0.25, -0.2) is 10.5 Å². The fourth-order valence-electron chi connectivity index (χ4n) is 4.46. The summed E-state index contributed by atoms with van der Waals surface area (Å²) in [5.41, 5.74) is 5.22. The molecule has 1 aliphatic carbocycles. The van der Waals surface area contributed by atoms with Gasteiger partial charge >= 0.3 is 0 Å². The third-order valence-electron chi connectivity index (χ3n) is 5.98. The van der Waals surface area contributed by atoms with E-state index in [0.29, 0.717) is 19.4 Å². The minimum Gasteiger partial charge on any atom is -0.356 e. The highest BCUT2D eigenvalue weighted by Gasteiger charge is 2.32. The van der Waals surface area contributed by atoms with Gasteiger partial charge in [-0.15, -0.1) is 0 Å². The fourth-order valence-corrected chi connectivity index (χ4v) is 4.46. The van der Waals surface area contributed by atoms with E-state index in [4.69, 9.17) is 5.21 Å². The molecule has 2 amide bonds. The summed E-state index contributed by atoms with van der Waals surface area (Å²) in [4.78, 5) is 28.3. The molecule has 3 aromatic rings. The molecule has 0 bridgehead atoms. The Balaban J connectivity index is 1.36. The van der Waals surface area contributed by atoms with Crippen molar-refractivity contribution in [3.8, 4) is 5.82 Å². The molecule has 2 aromatic heterocycles. The van der Waals surface area contributed by atoms with E-state index in [1.807, 2.05) is 30.3 Å². The van der Waals surface area contributed by atoms with E-state index >= 15 is 0 Å². The predicted octanol–water partition coefficient (Wildman–Crippen LogP) is 3.31. The van der Waals surface area contributed by atoms with Crippen molar-refractivity contribution in [1.82, 2.24) is 20.3 Å². The molecular weight excluding hydrogens is 392 g/mol. The first kappa shape index (κ1) is 21.1. The molecule has 1 aromatic carbocycles. The maximum atomic E-state index is 12.8. The Labute approximate surface area is 181 Å². The summed E-state index contributed by atoms with van der Waals surface area (Å²) in [6.45, 7) is 0.646. The highest BCUT2D eigenvalue weighted by molar-refractivity contribution is 5.90. The minimum atomic E-state index is -0.351. The number of nitrogens with one attached hydrogen (secondary N) is 2. The minimum absolute atomic E-state index is 0.0576. The van der Waals surface area contributed by atoms with Crippen LogP contribution in [0.1, 0.15) is 43.4 Å². The third kappa shape index (κ3) is 4.61. The van der Waals surface area contributed by atoms with Crippen LogP contribution in [0.15, 0.2) is 48.7 Å². The van der Waals surface area contributed by atoms with Crippen LogP contribution in [0.3, 0.4) is 0 Å². The van der Waals surface area contributed by atoms with E-state index in [9.17, 15) is 9.59 Å². The van der Waals surface area contributed by atoms with E-state index in [1.54, 1.807) is 11.7 Å². The predicted molar refractivity (Wildman–Crippen MR) is 118 cm³/mol. The summed E-state index contributed by atoms with van der Waals surface area (Å²) < 4.78 is 2.19. The van der Waals surface area contributed by atoms with E-state index in [-0.39, 0.29) is 17.7 Å². The maximum absolute atomic E-state index is 12.8. The average molecular weight is 421 g/mol. The Morgan fingerprint density at radius 3 is 2.65 bits per heavy atom. The monoisotopic (exact) mass is 420 g/mol. The summed E-state index contributed by atoms with van der Waals surface area (Å²) in [5.74, 6) is 0.581. The summed E-state index contributed by atoms with van der Waals surface area (Å²) in [6, 6.07) is 14.2. The molecule has 0 saturated carbocycles. The highest BCUT2D eigenvalue weighted by Crippen LogP contribution is 2.37. The normalized spacial score (nSPS) is 15.1. The van der Waals surface area contributed by atoms with E-state index in [1.165, 1.54) is 16.6 Å². The summed E-state index contributed by atoms with van der Waals surface area (Å²) >= 11 is 0. The largest absolute Gasteiger partial charge is 0.356 e. The van der Waals surface area contributed by atoms with Gasteiger partial charge in [-0.2, -0.15) is 0 Å². The van der Waals surface area contributed by atoms with Crippen LogP contribution in [0.2, 0.25) is 0 Å². The number of pyridine rings is 1. The molecule has 1 atom stereocenters. The molecule has 0 saturated heterocycles. The van der Waals surface area contributed by atoms with Gasteiger partial charge in [0.15, 0.2) is 0 Å². The number of unbranched alkanes of at least 4 members (excludes halogenated alkanes) is 3. The van der Waals surface area contributed by atoms with Gasteiger partial charge in [-0.05, 0) is 43.0 Å². The molecular formula is C24H28N4O3. The SMILES string of the molecule is O=C(CCCCCCNC(=O)C1Cc2c(n(-c3ccccn3)c3ccccc23)C1)NO. The van der Waals surface area contributed by atoms with Gasteiger partial charge in [0.05, 0.1) is 5.52 Å². The first-order valence-corrected chi connectivity index (χ1v) is 10.9. The first-order valence-electron chi connectivity index (χ1n) is 10.9. The van der Waals surface area contributed by atoms with Crippen molar-refractivity contribution in [3.05, 3.63) is 59.9 Å². The Morgan fingerprint density at radius 1 is 1.03 bits per heavy atom. The van der Waals surface area contributed by atoms with Crippen LogP contribution < -0.4 is 10.8 Å². The summed E-state index contributed by atoms with van der Waals surface area (Å²) in [5, 5.41) is 12.8. The standard InChI is InChI=1S/C24H28N4O3/c29-23(27-31)12-3-1-2-7-14-26-24(30)17-15-19-18-9-4-5-10-20(18)28(21(19)16-17)22-11-6-8-13-25-22/h4-6,8-11,13,17,31H,1-3,7,12,14-16H2,(H,26,30)(H,27,29). The van der Waals surface area contributed by atoms with Crippen molar-refractivity contribution in [2.24, 2.45) is 5.92 Å². The van der Waals surface area contributed by atoms with Crippen molar-refractivity contribution in [1.29, 1.82) is 0 Å². The highest BCUT2D eigenvalue weighted by atomic mass is 16.5. The zero-order chi connectivity index (χ0) is 21.6. The van der Waals surface area contributed by atoms with Gasteiger partial charge in [0.1, 0.15) is 5.82 Å². The van der Waals surface area contributed by atoms with Gasteiger partial charge in [0, 0.05) is 42.6 Å². The quantitative estimate of drug-likeness (QED) is 0.281. The van der Waals surface area contributed by atoms with Crippen molar-refractivity contribution in [2.75, 3.05) is 6.54 Å². The van der Waals surface area contributed by atoms with Gasteiger partial charge in [-0.3, -0.25) is 19.4 Å². The number of rotatable bonds is 9. The van der Waals surface area contributed by atoms with Crippen LogP contribution in [-0.4, -0.2) is 33.1 Å². The molecule has 3 N–H and O–H groups in total. The second-order valence-corrected chi connectivity index (χ2v) is 8.06. The molecule has 0 aliphatic heterocycles. The van der Waals surface area contributed by atoms with Crippen LogP contribution >= 0.6 is 0 Å². The number of hydrogen-bond acceptors (Lipinski definition) is 4. The second-order valence-electron chi connectivity index (χ2n) is 8.06. The Hall–Kier alpha value is -3.19. The zero-order valence-corrected chi connectivity index (χ0v) is 17.5. The van der Waals surface area contributed by atoms with Crippen LogP contribution in [0.4, 0.5) is 0 Å². The third-order valence-corrected chi connectivity index (χ3v) is 5.98. The first-order chi connectivity index (χ1) is 15.2. The average Bonchev–Trinajstić information content (AvgIpc) is 3.36. The number of nitrogens with zero attached hydrogens (tertiary/aromatic N) is 2. The fraction of sp³-hybridized carbons (Fsp3) is 0.375. The second kappa shape index (κ2) is 9.75. The Morgan fingerprint density at radius 2 is 1.84 bits per heavy atom. The van der Waals surface area contributed by atoms with Crippen LogP contribution in [0.5, 0.6) is 0 Å². The number of para-hydroxylation sites is 1. The van der Waals surface area contributed by atoms with Crippen LogP contribution in [0.25, 0.3) is 16.7 Å². The number of aromatic nitrogens is 2. The van der Waals surface area contributed by atoms with E-state index in [0.717, 1.165) is 43.4 Å². The smallest absolute Gasteiger partial charge is 0.243 e. The van der Waals surface area contributed by atoms with Crippen LogP contribution in [-0.2, 0) is 22.4 Å². The lowest BCUT2D eigenvalue weighted by Gasteiger charge is -2.13. The van der Waals surface area contributed by atoms with Gasteiger partial charge < -0.3 is 5.32 Å². The lowest BCUT2D eigenvalue weighted by molar-refractivity contribution is -0.129. The van der Waals surface area contributed by atoms with E-state index in [2.05, 4.69) is 27.0 Å². The number of benzene rings is 1. The molecule has 1 aliphatic rings. The van der Waals surface area contributed by atoms with Gasteiger partial charge in [0.2, 0.25) is 11.8 Å². The number of hydroxylamine groups is 1. The molecule has 4 rings (SSSR count). The number of fused-ring (bicyclic) bond motifs is 3. The molecule has 0 spiro atoms. The maximum Gasteiger partial charge on any atom is 0.243 e. The molecule has 7 heteroatoms. The summed E-state index contributed by atoms with van der Waals surface area (Å²) in [7, 11) is 0. The van der Waals surface area contributed by atoms with Gasteiger partial charge in [-0.1, -0.05) is 37.1 Å². The molecule has 162 valence electrons. The topological polar surface area (TPSA) is 96.2 Å². The lowest BCUT2D eigenvalue weighted by Crippen LogP contribution is -2.32. The molecule has 0 radical (unpaired) electrons. The van der Waals surface area contributed by atoms with Crippen molar-refractivity contribution < 1.29 is 14.8 Å². The molecule has 0 fully saturated rings. The lowest BCUT2D eigenvalue weighted by atomic mass is 10.0. The molecule has 31 heavy (non-hydrogen) atoms. The molecule has 7 nitrogen and oxygen atoms in total. The Bertz CT molecular complexity index is 1060. The number of amides is 2. The molecule has 1 unspecified atom stereocenters.